The number of aromatic nitrogens is 3. The summed E-state index contributed by atoms with van der Waals surface area (Å²) in [5, 5.41) is 10.1. The van der Waals surface area contributed by atoms with Crippen molar-refractivity contribution in [2.24, 2.45) is 0 Å². The highest BCUT2D eigenvalue weighted by Gasteiger charge is 2.11. The molecule has 72 valence electrons. The van der Waals surface area contributed by atoms with Crippen molar-refractivity contribution in [2.75, 3.05) is 11.1 Å². The van der Waals surface area contributed by atoms with Crippen molar-refractivity contribution in [1.82, 2.24) is 14.7 Å². The fourth-order valence-electron chi connectivity index (χ4n) is 0.794. The first-order valence-corrected chi connectivity index (χ1v) is 4.34. The molecule has 0 aliphatic rings. The number of nitrogens with one attached hydrogen (secondary N) is 1. The molecule has 1 amide bonds. The van der Waals surface area contributed by atoms with Crippen LogP contribution in [0.2, 0.25) is 0 Å². The minimum atomic E-state index is -0.406. The van der Waals surface area contributed by atoms with Gasteiger partial charge in [-0.1, -0.05) is 9.64 Å². The van der Waals surface area contributed by atoms with Crippen LogP contribution in [0.1, 0.15) is 10.5 Å². The quantitative estimate of drug-likeness (QED) is 0.742. The minimum Gasteiger partial charge on any atom is -0.368 e. The van der Waals surface area contributed by atoms with Crippen molar-refractivity contribution in [2.45, 2.75) is 0 Å². The summed E-state index contributed by atoms with van der Waals surface area (Å²) < 4.78 is 8.13. The zero-order valence-corrected chi connectivity index (χ0v) is 7.61. The fraction of sp³-hybridized carbons (Fsp3) is 0. The second kappa shape index (κ2) is 3.42. The number of anilines is 2. The van der Waals surface area contributed by atoms with Gasteiger partial charge in [-0.05, 0) is 0 Å². The Morgan fingerprint density at radius 2 is 2.50 bits per heavy atom. The summed E-state index contributed by atoms with van der Waals surface area (Å²) in [4.78, 5) is 11.4. The highest BCUT2D eigenvalue weighted by Crippen LogP contribution is 2.12. The van der Waals surface area contributed by atoms with E-state index in [1.54, 1.807) is 0 Å². The number of carbonyl (C=O) groups excluding carboxylic acids is 1. The van der Waals surface area contributed by atoms with Gasteiger partial charge in [-0.3, -0.25) is 4.79 Å². The van der Waals surface area contributed by atoms with Crippen LogP contribution in [0.15, 0.2) is 16.8 Å². The van der Waals surface area contributed by atoms with Crippen LogP contribution in [0, 0.1) is 0 Å². The van der Waals surface area contributed by atoms with Crippen LogP contribution >= 0.6 is 11.5 Å². The molecule has 7 nitrogen and oxygen atoms in total. The Morgan fingerprint density at radius 3 is 3.07 bits per heavy atom. The van der Waals surface area contributed by atoms with E-state index < -0.39 is 5.91 Å². The van der Waals surface area contributed by atoms with Crippen LogP contribution in [0.25, 0.3) is 0 Å². The number of nitrogen functional groups attached to an aromatic ring is 1. The van der Waals surface area contributed by atoms with E-state index in [1.807, 2.05) is 0 Å². The standard InChI is InChI=1S/C6H5N5O2S/c7-4-1-3(10-13-4)6(12)9-5-2-8-11-14-5/h1-2H,7H2,(H,9,12). The Hall–Kier alpha value is -1.96. The molecule has 0 spiro atoms. The highest BCUT2D eigenvalue weighted by molar-refractivity contribution is 7.10. The summed E-state index contributed by atoms with van der Waals surface area (Å²) in [7, 11) is 0. The molecule has 0 atom stereocenters. The van der Waals surface area contributed by atoms with Gasteiger partial charge in [-0.2, -0.15) is 0 Å². The van der Waals surface area contributed by atoms with Gasteiger partial charge in [0.2, 0.25) is 5.88 Å². The van der Waals surface area contributed by atoms with E-state index in [2.05, 4.69) is 24.6 Å². The molecule has 0 aliphatic carbocycles. The molecule has 0 aliphatic heterocycles. The van der Waals surface area contributed by atoms with Crippen LogP contribution in [-0.4, -0.2) is 20.7 Å². The first-order valence-electron chi connectivity index (χ1n) is 3.56. The third kappa shape index (κ3) is 1.69. The van der Waals surface area contributed by atoms with Crippen LogP contribution < -0.4 is 11.1 Å². The predicted octanol–water partition coefficient (Wildman–Crippen LogP) is 0.361. The molecule has 0 fully saturated rings. The molecule has 3 N–H and O–H groups in total. The molecule has 0 bridgehead atoms. The lowest BCUT2D eigenvalue weighted by Gasteiger charge is -1.94. The fourth-order valence-corrected chi connectivity index (χ4v) is 1.21. The summed E-state index contributed by atoms with van der Waals surface area (Å²) in [6, 6.07) is 1.34. The Balaban J connectivity index is 2.10. The van der Waals surface area contributed by atoms with Crippen LogP contribution in [0.5, 0.6) is 0 Å². The molecule has 0 saturated heterocycles. The van der Waals surface area contributed by atoms with Crippen LogP contribution in [0.3, 0.4) is 0 Å². The summed E-state index contributed by atoms with van der Waals surface area (Å²) in [6.45, 7) is 0. The normalized spacial score (nSPS) is 10.0. The van der Waals surface area contributed by atoms with Crippen molar-refractivity contribution in [3.8, 4) is 0 Å². The van der Waals surface area contributed by atoms with Gasteiger partial charge in [0.1, 0.15) is 5.00 Å². The van der Waals surface area contributed by atoms with E-state index >= 15 is 0 Å². The summed E-state index contributed by atoms with van der Waals surface area (Å²) in [5.74, 6) is -0.311. The van der Waals surface area contributed by atoms with Crippen LogP contribution in [-0.2, 0) is 0 Å². The topological polar surface area (TPSA) is 107 Å². The van der Waals surface area contributed by atoms with Gasteiger partial charge in [0, 0.05) is 17.6 Å². The third-order valence-corrected chi connectivity index (χ3v) is 1.94. The van der Waals surface area contributed by atoms with Crippen LogP contribution in [0.4, 0.5) is 10.9 Å². The van der Waals surface area contributed by atoms with Gasteiger partial charge in [0.25, 0.3) is 5.91 Å². The molecule has 0 saturated carbocycles. The zero-order chi connectivity index (χ0) is 9.97. The predicted molar refractivity (Wildman–Crippen MR) is 48.8 cm³/mol. The van der Waals surface area contributed by atoms with Gasteiger partial charge in [-0.25, -0.2) is 0 Å². The maximum Gasteiger partial charge on any atom is 0.278 e. The Bertz CT molecular complexity index is 437. The molecule has 0 unspecified atom stereocenters. The lowest BCUT2D eigenvalue weighted by atomic mass is 10.4. The number of rotatable bonds is 2. The maximum absolute atomic E-state index is 11.4. The van der Waals surface area contributed by atoms with E-state index in [-0.39, 0.29) is 11.6 Å². The molecule has 8 heteroatoms. The van der Waals surface area contributed by atoms with Crippen molar-refractivity contribution in [3.05, 3.63) is 18.0 Å². The third-order valence-electron chi connectivity index (χ3n) is 1.36. The number of amides is 1. The van der Waals surface area contributed by atoms with E-state index in [1.165, 1.54) is 12.3 Å². The van der Waals surface area contributed by atoms with Gasteiger partial charge in [0.05, 0.1) is 6.20 Å². The Labute approximate surface area is 82.1 Å². The first-order chi connectivity index (χ1) is 6.75. The second-order valence-corrected chi connectivity index (χ2v) is 3.14. The minimum absolute atomic E-state index is 0.0950. The Morgan fingerprint density at radius 1 is 1.64 bits per heavy atom. The lowest BCUT2D eigenvalue weighted by Crippen LogP contribution is -2.10. The molecule has 14 heavy (non-hydrogen) atoms. The summed E-state index contributed by atoms with van der Waals surface area (Å²) in [5.41, 5.74) is 5.38. The number of nitrogens with two attached hydrogens (primary N) is 1. The number of hydrogen-bond donors (Lipinski definition) is 2. The molecule has 0 radical (unpaired) electrons. The number of hydrogen-bond acceptors (Lipinski definition) is 7. The number of nitrogens with zero attached hydrogens (tertiary/aromatic N) is 3. The SMILES string of the molecule is Nc1cc(C(=O)Nc2cnns2)no1. The molecule has 2 heterocycles. The van der Waals surface area contributed by atoms with Gasteiger partial charge < -0.3 is 15.6 Å². The second-order valence-electron chi connectivity index (χ2n) is 2.35. The average molecular weight is 211 g/mol. The lowest BCUT2D eigenvalue weighted by molar-refractivity contribution is 0.101. The number of carbonyl (C=O) groups is 1. The molecular formula is C6H5N5O2S. The average Bonchev–Trinajstić information content (AvgIpc) is 2.75. The molecule has 2 aromatic rings. The molecule has 0 aromatic carbocycles. The van der Waals surface area contributed by atoms with E-state index in [4.69, 9.17) is 5.73 Å². The van der Waals surface area contributed by atoms with Gasteiger partial charge in [0.15, 0.2) is 5.69 Å². The molecule has 2 aromatic heterocycles. The van der Waals surface area contributed by atoms with Crippen molar-refractivity contribution in [1.29, 1.82) is 0 Å². The van der Waals surface area contributed by atoms with E-state index in [0.29, 0.717) is 5.00 Å². The molecular weight excluding hydrogens is 206 g/mol. The zero-order valence-electron chi connectivity index (χ0n) is 6.80. The van der Waals surface area contributed by atoms with Crippen molar-refractivity contribution in [3.63, 3.8) is 0 Å². The molecule has 2 rings (SSSR count). The van der Waals surface area contributed by atoms with E-state index in [9.17, 15) is 4.79 Å². The van der Waals surface area contributed by atoms with Gasteiger partial charge in [-0.15, -0.1) is 5.10 Å². The highest BCUT2D eigenvalue weighted by atomic mass is 32.1. The largest absolute Gasteiger partial charge is 0.368 e. The first kappa shape index (κ1) is 8.63. The van der Waals surface area contributed by atoms with E-state index in [0.717, 1.165) is 11.5 Å². The van der Waals surface area contributed by atoms with Crippen molar-refractivity contribution >= 4 is 28.3 Å². The Kier molecular flexibility index (Phi) is 2.11. The summed E-state index contributed by atoms with van der Waals surface area (Å²) >= 11 is 1.07. The smallest absolute Gasteiger partial charge is 0.278 e. The summed E-state index contributed by atoms with van der Waals surface area (Å²) in [6.07, 6.45) is 1.44. The maximum atomic E-state index is 11.4. The van der Waals surface area contributed by atoms with Crippen molar-refractivity contribution < 1.29 is 9.32 Å². The van der Waals surface area contributed by atoms with Gasteiger partial charge >= 0.3 is 0 Å². The monoisotopic (exact) mass is 211 g/mol.